The molecule has 3 unspecified atom stereocenters. The fourth-order valence-corrected chi connectivity index (χ4v) is 5.88. The van der Waals surface area contributed by atoms with Crippen LogP contribution in [0.15, 0.2) is 0 Å². The molecule has 3 fully saturated rings. The van der Waals surface area contributed by atoms with Gasteiger partial charge in [0.15, 0.2) is 0 Å². The molecule has 3 aliphatic rings. The average molecular weight is 308 g/mol. The molecule has 3 atom stereocenters. The first kappa shape index (κ1) is 16.8. The topological polar surface area (TPSA) is 12.5 Å². The molecule has 0 N–H and O–H groups in total. The van der Waals surface area contributed by atoms with Crippen molar-refractivity contribution in [2.45, 2.75) is 96.7 Å². The minimum absolute atomic E-state index is 0.382. The third kappa shape index (κ3) is 2.86. The summed E-state index contributed by atoms with van der Waals surface area (Å²) in [4.78, 5) is 2.93. The van der Waals surface area contributed by atoms with E-state index in [1.54, 1.807) is 0 Å². The van der Waals surface area contributed by atoms with Crippen LogP contribution in [0.2, 0.25) is 0 Å². The lowest BCUT2D eigenvalue weighted by Crippen LogP contribution is -2.65. The number of likely N-dealkylation sites (tertiary alicyclic amines) is 1. The summed E-state index contributed by atoms with van der Waals surface area (Å²) in [6.07, 6.45) is 11.6. The maximum atomic E-state index is 5.80. The van der Waals surface area contributed by atoms with Crippen LogP contribution < -0.4 is 0 Å². The second-order valence-electron chi connectivity index (χ2n) is 8.91. The van der Waals surface area contributed by atoms with E-state index in [4.69, 9.17) is 4.74 Å². The molecular formula is C20H37NO. The monoisotopic (exact) mass is 307 g/mol. The van der Waals surface area contributed by atoms with Gasteiger partial charge in [0, 0.05) is 12.1 Å². The lowest BCUT2D eigenvalue weighted by atomic mass is 9.71. The van der Waals surface area contributed by atoms with Crippen molar-refractivity contribution in [3.8, 4) is 0 Å². The van der Waals surface area contributed by atoms with E-state index in [-0.39, 0.29) is 0 Å². The highest BCUT2D eigenvalue weighted by Crippen LogP contribution is 2.53. The Morgan fingerprint density at radius 3 is 2.14 bits per heavy atom. The van der Waals surface area contributed by atoms with Gasteiger partial charge < -0.3 is 4.74 Å². The van der Waals surface area contributed by atoms with Gasteiger partial charge in [-0.05, 0) is 50.9 Å². The summed E-state index contributed by atoms with van der Waals surface area (Å²) in [7, 11) is 0. The second kappa shape index (κ2) is 6.81. The predicted molar refractivity (Wildman–Crippen MR) is 93.1 cm³/mol. The van der Waals surface area contributed by atoms with E-state index in [1.165, 1.54) is 51.4 Å². The minimum atomic E-state index is 0.382. The van der Waals surface area contributed by atoms with Gasteiger partial charge in [-0.15, -0.1) is 0 Å². The zero-order chi connectivity index (χ0) is 15.7. The molecule has 1 spiro atoms. The predicted octanol–water partition coefficient (Wildman–Crippen LogP) is 4.87. The van der Waals surface area contributed by atoms with Gasteiger partial charge in [0.1, 0.15) is 0 Å². The Morgan fingerprint density at radius 1 is 0.955 bits per heavy atom. The zero-order valence-electron chi connectivity index (χ0n) is 15.3. The van der Waals surface area contributed by atoms with Crippen molar-refractivity contribution in [3.05, 3.63) is 0 Å². The maximum Gasteiger partial charge on any atom is 0.0715 e. The normalized spacial score (nSPS) is 36.0. The van der Waals surface area contributed by atoms with Crippen LogP contribution in [0.25, 0.3) is 0 Å². The van der Waals surface area contributed by atoms with E-state index < -0.39 is 0 Å². The van der Waals surface area contributed by atoms with Gasteiger partial charge in [-0.3, -0.25) is 4.90 Å². The molecule has 2 aliphatic heterocycles. The third-order valence-electron chi connectivity index (χ3n) is 6.60. The van der Waals surface area contributed by atoms with Crippen LogP contribution in [0, 0.1) is 17.8 Å². The quantitative estimate of drug-likeness (QED) is 0.737. The van der Waals surface area contributed by atoms with Gasteiger partial charge in [-0.1, -0.05) is 46.0 Å². The van der Waals surface area contributed by atoms with Crippen LogP contribution in [0.3, 0.4) is 0 Å². The summed E-state index contributed by atoms with van der Waals surface area (Å²) in [6, 6.07) is 1.49. The van der Waals surface area contributed by atoms with Crippen molar-refractivity contribution in [1.29, 1.82) is 0 Å². The van der Waals surface area contributed by atoms with Gasteiger partial charge in [0.25, 0.3) is 0 Å². The Bertz CT molecular complexity index is 361. The Balaban J connectivity index is 1.91. The van der Waals surface area contributed by atoms with Crippen molar-refractivity contribution in [2.75, 3.05) is 13.2 Å². The lowest BCUT2D eigenvalue weighted by molar-refractivity contribution is -0.161. The Hall–Kier alpha value is -0.0800. The molecule has 2 nitrogen and oxygen atoms in total. The van der Waals surface area contributed by atoms with Gasteiger partial charge in [-0.25, -0.2) is 0 Å². The van der Waals surface area contributed by atoms with Crippen LogP contribution >= 0.6 is 0 Å². The molecule has 0 radical (unpaired) electrons. The Morgan fingerprint density at radius 2 is 1.59 bits per heavy atom. The number of hydrogen-bond donors (Lipinski definition) is 0. The van der Waals surface area contributed by atoms with Gasteiger partial charge in [0.05, 0.1) is 18.8 Å². The van der Waals surface area contributed by atoms with Crippen LogP contribution in [0.1, 0.15) is 79.1 Å². The van der Waals surface area contributed by atoms with Crippen molar-refractivity contribution in [2.24, 2.45) is 17.8 Å². The molecule has 0 amide bonds. The molecule has 128 valence electrons. The number of nitrogens with zero attached hydrogens (tertiary/aromatic N) is 1. The Labute approximate surface area is 138 Å². The standard InChI is InChI=1S/C20H37NO/c1-15(2)12-18-17-10-8-6-5-7-9-11-19(17)21(16(3)4)20(18)13-22-14-20/h15-19H,5-14H2,1-4H3. The van der Waals surface area contributed by atoms with Crippen LogP contribution in [-0.4, -0.2) is 35.7 Å². The SMILES string of the molecule is CC(C)CC1C2CCCCCCCC2N(C(C)C)C12COC2. The first-order valence-electron chi connectivity index (χ1n) is 9.92. The van der Waals surface area contributed by atoms with E-state index in [1.807, 2.05) is 0 Å². The van der Waals surface area contributed by atoms with Crippen LogP contribution in [0.4, 0.5) is 0 Å². The summed E-state index contributed by atoms with van der Waals surface area (Å²) in [5, 5.41) is 0. The summed E-state index contributed by atoms with van der Waals surface area (Å²) in [5.41, 5.74) is 0.382. The number of rotatable bonds is 3. The van der Waals surface area contributed by atoms with Crippen molar-refractivity contribution in [3.63, 3.8) is 0 Å². The molecule has 2 saturated heterocycles. The van der Waals surface area contributed by atoms with E-state index >= 15 is 0 Å². The fourth-order valence-electron chi connectivity index (χ4n) is 5.88. The molecule has 1 saturated carbocycles. The van der Waals surface area contributed by atoms with Crippen LogP contribution in [-0.2, 0) is 4.74 Å². The molecule has 3 rings (SSSR count). The van der Waals surface area contributed by atoms with E-state index in [9.17, 15) is 0 Å². The van der Waals surface area contributed by atoms with Crippen molar-refractivity contribution < 1.29 is 4.74 Å². The maximum absolute atomic E-state index is 5.80. The third-order valence-corrected chi connectivity index (χ3v) is 6.60. The minimum Gasteiger partial charge on any atom is -0.377 e. The van der Waals surface area contributed by atoms with Crippen molar-refractivity contribution in [1.82, 2.24) is 4.90 Å². The molecule has 0 aromatic rings. The van der Waals surface area contributed by atoms with E-state index in [0.29, 0.717) is 11.6 Å². The lowest BCUT2D eigenvalue weighted by Gasteiger charge is -2.52. The fraction of sp³-hybridized carbons (Fsp3) is 1.00. The first-order valence-corrected chi connectivity index (χ1v) is 9.92. The summed E-state index contributed by atoms with van der Waals surface area (Å²) < 4.78 is 5.80. The molecular weight excluding hydrogens is 270 g/mol. The van der Waals surface area contributed by atoms with Gasteiger partial charge in [0.2, 0.25) is 0 Å². The highest BCUT2D eigenvalue weighted by molar-refractivity contribution is 5.14. The van der Waals surface area contributed by atoms with Crippen molar-refractivity contribution >= 4 is 0 Å². The number of fused-ring (bicyclic) bond motifs is 1. The number of ether oxygens (including phenoxy) is 1. The molecule has 0 aromatic carbocycles. The second-order valence-corrected chi connectivity index (χ2v) is 8.91. The molecule has 2 heterocycles. The van der Waals surface area contributed by atoms with Gasteiger partial charge >= 0.3 is 0 Å². The highest BCUT2D eigenvalue weighted by Gasteiger charge is 2.61. The molecule has 0 aromatic heterocycles. The smallest absolute Gasteiger partial charge is 0.0715 e. The van der Waals surface area contributed by atoms with Crippen LogP contribution in [0.5, 0.6) is 0 Å². The number of hydrogen-bond acceptors (Lipinski definition) is 2. The van der Waals surface area contributed by atoms with Gasteiger partial charge in [-0.2, -0.15) is 0 Å². The summed E-state index contributed by atoms with van der Waals surface area (Å²) >= 11 is 0. The summed E-state index contributed by atoms with van der Waals surface area (Å²) in [5.74, 6) is 2.60. The molecule has 22 heavy (non-hydrogen) atoms. The average Bonchev–Trinajstić information content (AvgIpc) is 2.72. The molecule has 2 heteroatoms. The molecule has 0 bridgehead atoms. The Kier molecular flexibility index (Phi) is 5.19. The highest BCUT2D eigenvalue weighted by atomic mass is 16.5. The summed E-state index contributed by atoms with van der Waals surface area (Å²) in [6.45, 7) is 11.7. The van der Waals surface area contributed by atoms with E-state index in [0.717, 1.165) is 37.0 Å². The molecule has 1 aliphatic carbocycles. The zero-order valence-corrected chi connectivity index (χ0v) is 15.3. The van der Waals surface area contributed by atoms with E-state index in [2.05, 4.69) is 32.6 Å². The largest absolute Gasteiger partial charge is 0.377 e. The first-order chi connectivity index (χ1) is 10.6.